The molecular formula is C18H25F2NOS. The number of hydrogen-bond donors (Lipinski definition) is 0. The zero-order chi connectivity index (χ0) is 16.8. The van der Waals surface area contributed by atoms with Crippen LogP contribution in [0.3, 0.4) is 0 Å². The van der Waals surface area contributed by atoms with Crippen LogP contribution in [0.25, 0.3) is 0 Å². The molecule has 1 aliphatic carbocycles. The molecule has 0 spiro atoms. The van der Waals surface area contributed by atoms with Crippen LogP contribution in [0, 0.1) is 17.6 Å². The van der Waals surface area contributed by atoms with Crippen molar-refractivity contribution in [2.24, 2.45) is 5.92 Å². The monoisotopic (exact) mass is 341 g/mol. The maximum atomic E-state index is 13.3. The zero-order valence-corrected chi connectivity index (χ0v) is 14.7. The van der Waals surface area contributed by atoms with E-state index in [2.05, 4.69) is 0 Å². The fourth-order valence-electron chi connectivity index (χ4n) is 2.98. The Hall–Kier alpha value is -1.10. The van der Waals surface area contributed by atoms with Crippen LogP contribution in [0.1, 0.15) is 50.6 Å². The molecule has 2 nitrogen and oxygen atoms in total. The number of rotatable bonds is 6. The Balaban J connectivity index is 1.81. The van der Waals surface area contributed by atoms with Crippen molar-refractivity contribution in [2.75, 3.05) is 18.6 Å². The van der Waals surface area contributed by atoms with Crippen molar-refractivity contribution in [3.63, 3.8) is 0 Å². The Labute approximate surface area is 141 Å². The van der Waals surface area contributed by atoms with E-state index in [9.17, 15) is 13.6 Å². The molecule has 1 saturated carbocycles. The average molecular weight is 341 g/mol. The van der Waals surface area contributed by atoms with Gasteiger partial charge in [-0.1, -0.05) is 25.3 Å². The van der Waals surface area contributed by atoms with Crippen LogP contribution in [0.15, 0.2) is 18.2 Å². The van der Waals surface area contributed by atoms with E-state index in [1.807, 2.05) is 6.92 Å². The van der Waals surface area contributed by atoms with Crippen molar-refractivity contribution in [3.8, 4) is 0 Å². The fourth-order valence-corrected chi connectivity index (χ4v) is 4.14. The summed E-state index contributed by atoms with van der Waals surface area (Å²) in [4.78, 5) is 13.9. The first-order chi connectivity index (χ1) is 11.0. The third kappa shape index (κ3) is 5.20. The van der Waals surface area contributed by atoms with Crippen LogP contribution in [-0.2, 0) is 4.79 Å². The Morgan fingerprint density at radius 3 is 2.61 bits per heavy atom. The number of hydrogen-bond acceptors (Lipinski definition) is 2. The Bertz CT molecular complexity index is 532. The van der Waals surface area contributed by atoms with Gasteiger partial charge in [-0.2, -0.15) is 11.8 Å². The molecule has 0 heterocycles. The molecule has 1 aromatic carbocycles. The third-order valence-electron chi connectivity index (χ3n) is 4.70. The van der Waals surface area contributed by atoms with E-state index < -0.39 is 11.6 Å². The van der Waals surface area contributed by atoms with Gasteiger partial charge in [-0.05, 0) is 49.1 Å². The Kier molecular flexibility index (Phi) is 6.88. The summed E-state index contributed by atoms with van der Waals surface area (Å²) >= 11 is 1.69. The predicted octanol–water partition coefficient (Wildman–Crippen LogP) is 4.80. The van der Waals surface area contributed by atoms with E-state index in [4.69, 9.17) is 0 Å². The SMILES string of the molecule is C[C@H](c1ccc(F)c(F)c1)N(C)C(=O)CSCC1CCCCC1. The summed E-state index contributed by atoms with van der Waals surface area (Å²) in [6.07, 6.45) is 6.53. The highest BCUT2D eigenvalue weighted by Gasteiger charge is 2.20. The molecule has 0 aliphatic heterocycles. The highest BCUT2D eigenvalue weighted by Crippen LogP contribution is 2.27. The number of halogens is 2. The van der Waals surface area contributed by atoms with Crippen LogP contribution in [0.2, 0.25) is 0 Å². The molecule has 0 N–H and O–H groups in total. The third-order valence-corrected chi connectivity index (χ3v) is 5.86. The number of amides is 1. The largest absolute Gasteiger partial charge is 0.338 e. The molecule has 2 rings (SSSR count). The maximum absolute atomic E-state index is 13.3. The molecule has 1 aliphatic rings. The Morgan fingerprint density at radius 2 is 1.96 bits per heavy atom. The lowest BCUT2D eigenvalue weighted by atomic mass is 9.91. The fraction of sp³-hybridized carbons (Fsp3) is 0.611. The second kappa shape index (κ2) is 8.67. The molecule has 0 bridgehead atoms. The van der Waals surface area contributed by atoms with E-state index in [1.165, 1.54) is 44.2 Å². The normalized spacial score (nSPS) is 17.0. The number of thioether (sulfide) groups is 1. The highest BCUT2D eigenvalue weighted by atomic mass is 32.2. The molecule has 23 heavy (non-hydrogen) atoms. The van der Waals surface area contributed by atoms with Crippen LogP contribution in [0.5, 0.6) is 0 Å². The number of nitrogens with zero attached hydrogens (tertiary/aromatic N) is 1. The summed E-state index contributed by atoms with van der Waals surface area (Å²) in [7, 11) is 1.72. The summed E-state index contributed by atoms with van der Waals surface area (Å²) in [5.41, 5.74) is 0.608. The lowest BCUT2D eigenvalue weighted by molar-refractivity contribution is -0.128. The van der Waals surface area contributed by atoms with Gasteiger partial charge >= 0.3 is 0 Å². The molecule has 128 valence electrons. The lowest BCUT2D eigenvalue weighted by Crippen LogP contribution is -2.31. The van der Waals surface area contributed by atoms with Crippen LogP contribution >= 0.6 is 11.8 Å². The van der Waals surface area contributed by atoms with Gasteiger partial charge in [0.1, 0.15) is 0 Å². The van der Waals surface area contributed by atoms with Gasteiger partial charge in [-0.15, -0.1) is 0 Å². The first-order valence-electron chi connectivity index (χ1n) is 8.27. The topological polar surface area (TPSA) is 20.3 Å². The van der Waals surface area contributed by atoms with E-state index in [-0.39, 0.29) is 11.9 Å². The predicted molar refractivity (Wildman–Crippen MR) is 91.4 cm³/mol. The number of carbonyl (C=O) groups excluding carboxylic acids is 1. The van der Waals surface area contributed by atoms with E-state index in [1.54, 1.807) is 23.7 Å². The molecule has 1 fully saturated rings. The van der Waals surface area contributed by atoms with Crippen molar-refractivity contribution < 1.29 is 13.6 Å². The number of carbonyl (C=O) groups is 1. The number of benzene rings is 1. The Morgan fingerprint density at radius 1 is 1.26 bits per heavy atom. The van der Waals surface area contributed by atoms with Gasteiger partial charge in [-0.25, -0.2) is 8.78 Å². The molecule has 0 radical (unpaired) electrons. The first-order valence-corrected chi connectivity index (χ1v) is 9.43. The minimum absolute atomic E-state index is 0.0306. The second-order valence-electron chi connectivity index (χ2n) is 6.37. The highest BCUT2D eigenvalue weighted by molar-refractivity contribution is 7.99. The van der Waals surface area contributed by atoms with Crippen LogP contribution in [-0.4, -0.2) is 29.4 Å². The van der Waals surface area contributed by atoms with Gasteiger partial charge in [0.05, 0.1) is 11.8 Å². The van der Waals surface area contributed by atoms with Crippen molar-refractivity contribution in [2.45, 2.75) is 45.1 Å². The summed E-state index contributed by atoms with van der Waals surface area (Å²) in [6, 6.07) is 3.53. The van der Waals surface area contributed by atoms with Crippen LogP contribution < -0.4 is 0 Å². The van der Waals surface area contributed by atoms with Crippen molar-refractivity contribution >= 4 is 17.7 Å². The summed E-state index contributed by atoms with van der Waals surface area (Å²) in [5, 5.41) is 0. The van der Waals surface area contributed by atoms with Gasteiger partial charge < -0.3 is 4.90 Å². The second-order valence-corrected chi connectivity index (χ2v) is 7.40. The standard InChI is InChI=1S/C18H25F2NOS/c1-13(15-8-9-16(19)17(20)10-15)21(2)18(22)12-23-11-14-6-4-3-5-7-14/h8-10,13-14H,3-7,11-12H2,1-2H3/t13-/m1/s1. The first kappa shape index (κ1) is 18.2. The quantitative estimate of drug-likeness (QED) is 0.741. The van der Waals surface area contributed by atoms with Gasteiger partial charge in [0, 0.05) is 7.05 Å². The van der Waals surface area contributed by atoms with E-state index in [0.29, 0.717) is 11.3 Å². The molecule has 0 aromatic heterocycles. The van der Waals surface area contributed by atoms with Gasteiger partial charge in [0.15, 0.2) is 11.6 Å². The summed E-state index contributed by atoms with van der Waals surface area (Å²) in [6.45, 7) is 1.83. The van der Waals surface area contributed by atoms with E-state index in [0.717, 1.165) is 17.7 Å². The average Bonchev–Trinajstić information content (AvgIpc) is 2.57. The van der Waals surface area contributed by atoms with E-state index >= 15 is 0 Å². The zero-order valence-electron chi connectivity index (χ0n) is 13.9. The molecule has 1 atom stereocenters. The van der Waals surface area contributed by atoms with Crippen molar-refractivity contribution in [1.29, 1.82) is 0 Å². The summed E-state index contributed by atoms with van der Waals surface area (Å²) < 4.78 is 26.3. The van der Waals surface area contributed by atoms with Gasteiger partial charge in [0.25, 0.3) is 0 Å². The van der Waals surface area contributed by atoms with Gasteiger partial charge in [-0.3, -0.25) is 4.79 Å². The molecule has 0 saturated heterocycles. The van der Waals surface area contributed by atoms with Crippen molar-refractivity contribution in [3.05, 3.63) is 35.4 Å². The minimum Gasteiger partial charge on any atom is -0.338 e. The molecular weight excluding hydrogens is 316 g/mol. The maximum Gasteiger partial charge on any atom is 0.232 e. The molecule has 0 unspecified atom stereocenters. The molecule has 1 amide bonds. The summed E-state index contributed by atoms with van der Waals surface area (Å²) in [5.74, 6) is 0.526. The molecule has 5 heteroatoms. The van der Waals surface area contributed by atoms with Gasteiger partial charge in [0.2, 0.25) is 5.91 Å². The van der Waals surface area contributed by atoms with Crippen molar-refractivity contribution in [1.82, 2.24) is 4.90 Å². The van der Waals surface area contributed by atoms with Crippen LogP contribution in [0.4, 0.5) is 8.78 Å². The molecule has 1 aromatic rings. The smallest absolute Gasteiger partial charge is 0.232 e. The minimum atomic E-state index is -0.873. The lowest BCUT2D eigenvalue weighted by Gasteiger charge is -2.26.